The molecule has 0 saturated heterocycles. The van der Waals surface area contributed by atoms with Crippen LogP contribution in [-0.4, -0.2) is 33.4 Å². The first-order valence-electron chi connectivity index (χ1n) is 6.58. The molecule has 1 heterocycles. The second-order valence-electron chi connectivity index (χ2n) is 5.40. The van der Waals surface area contributed by atoms with Crippen LogP contribution in [0.3, 0.4) is 0 Å². The average molecular weight is 259 g/mol. The molecule has 1 aromatic carbocycles. The fourth-order valence-corrected chi connectivity index (χ4v) is 1.98. The quantitative estimate of drug-likeness (QED) is 0.849. The number of carbonyl (C=O) groups excluding carboxylic acids is 1. The summed E-state index contributed by atoms with van der Waals surface area (Å²) in [6.45, 7) is 8.52. The van der Waals surface area contributed by atoms with E-state index in [1.165, 1.54) is 11.1 Å². The summed E-state index contributed by atoms with van der Waals surface area (Å²) in [5.41, 5.74) is 4.42. The van der Waals surface area contributed by atoms with Crippen molar-refractivity contribution in [2.24, 2.45) is 0 Å². The molecule has 0 aliphatic heterocycles. The summed E-state index contributed by atoms with van der Waals surface area (Å²) in [6, 6.07) is 4.38. The number of carbonyl (C=O) groups is 1. The van der Waals surface area contributed by atoms with Crippen LogP contribution in [0.2, 0.25) is 0 Å². The zero-order chi connectivity index (χ0) is 14.2. The molecule has 0 aliphatic carbocycles. The van der Waals surface area contributed by atoms with Gasteiger partial charge >= 0.3 is 0 Å². The highest BCUT2D eigenvalue weighted by Gasteiger charge is 2.14. The van der Waals surface area contributed by atoms with Gasteiger partial charge < -0.3 is 9.47 Å². The second kappa shape index (κ2) is 5.03. The van der Waals surface area contributed by atoms with Crippen LogP contribution in [-0.2, 0) is 11.3 Å². The van der Waals surface area contributed by atoms with Crippen LogP contribution in [0, 0.1) is 13.8 Å². The number of fused-ring (bicyclic) bond motifs is 1. The summed E-state index contributed by atoms with van der Waals surface area (Å²) >= 11 is 0. The van der Waals surface area contributed by atoms with Crippen molar-refractivity contribution in [2.45, 2.75) is 40.3 Å². The maximum atomic E-state index is 12.1. The van der Waals surface area contributed by atoms with E-state index in [-0.39, 0.29) is 11.9 Å². The largest absolute Gasteiger partial charge is 0.342 e. The summed E-state index contributed by atoms with van der Waals surface area (Å²) < 4.78 is 1.92. The third-order valence-electron chi connectivity index (χ3n) is 3.71. The summed E-state index contributed by atoms with van der Waals surface area (Å²) in [6.07, 6.45) is 1.75. The zero-order valence-electron chi connectivity index (χ0n) is 12.3. The van der Waals surface area contributed by atoms with E-state index < -0.39 is 0 Å². The van der Waals surface area contributed by atoms with E-state index in [0.29, 0.717) is 6.54 Å². The maximum absolute atomic E-state index is 12.1. The minimum absolute atomic E-state index is 0.104. The van der Waals surface area contributed by atoms with Crippen molar-refractivity contribution >= 4 is 16.9 Å². The van der Waals surface area contributed by atoms with Crippen LogP contribution in [0.15, 0.2) is 18.5 Å². The molecule has 102 valence electrons. The van der Waals surface area contributed by atoms with Gasteiger partial charge in [-0.05, 0) is 51.0 Å². The normalized spacial score (nSPS) is 11.3. The molecule has 1 aromatic heterocycles. The van der Waals surface area contributed by atoms with Gasteiger partial charge in [0, 0.05) is 13.1 Å². The van der Waals surface area contributed by atoms with Crippen LogP contribution < -0.4 is 0 Å². The maximum Gasteiger partial charge on any atom is 0.242 e. The van der Waals surface area contributed by atoms with Gasteiger partial charge in [-0.25, -0.2) is 4.98 Å². The fourth-order valence-electron chi connectivity index (χ4n) is 1.98. The lowest BCUT2D eigenvalue weighted by Gasteiger charge is -2.21. The monoisotopic (exact) mass is 259 g/mol. The molecule has 0 atom stereocenters. The van der Waals surface area contributed by atoms with Gasteiger partial charge in [-0.15, -0.1) is 0 Å². The molecule has 4 heteroatoms. The zero-order valence-corrected chi connectivity index (χ0v) is 12.3. The van der Waals surface area contributed by atoms with Gasteiger partial charge in [-0.3, -0.25) is 4.79 Å². The Morgan fingerprint density at radius 2 is 1.95 bits per heavy atom. The van der Waals surface area contributed by atoms with Crippen molar-refractivity contribution in [1.29, 1.82) is 0 Å². The van der Waals surface area contributed by atoms with Gasteiger partial charge in [-0.2, -0.15) is 0 Å². The van der Waals surface area contributed by atoms with Gasteiger partial charge in [0.25, 0.3) is 0 Å². The third-order valence-corrected chi connectivity index (χ3v) is 3.71. The molecule has 0 spiro atoms. The number of amides is 1. The highest BCUT2D eigenvalue weighted by atomic mass is 16.2. The van der Waals surface area contributed by atoms with E-state index in [4.69, 9.17) is 0 Å². The van der Waals surface area contributed by atoms with Crippen molar-refractivity contribution in [3.63, 3.8) is 0 Å². The van der Waals surface area contributed by atoms with Gasteiger partial charge in [0.1, 0.15) is 6.54 Å². The number of rotatable bonds is 3. The molecule has 0 bridgehead atoms. The lowest BCUT2D eigenvalue weighted by Crippen LogP contribution is -2.35. The first-order chi connectivity index (χ1) is 8.90. The molecule has 0 saturated carbocycles. The Hall–Kier alpha value is -1.84. The third kappa shape index (κ3) is 2.62. The Morgan fingerprint density at radius 3 is 2.58 bits per heavy atom. The topological polar surface area (TPSA) is 38.1 Å². The van der Waals surface area contributed by atoms with Crippen molar-refractivity contribution in [1.82, 2.24) is 14.5 Å². The molecule has 0 fully saturated rings. The molecule has 4 nitrogen and oxygen atoms in total. The number of hydrogen-bond acceptors (Lipinski definition) is 2. The van der Waals surface area contributed by atoms with E-state index >= 15 is 0 Å². The lowest BCUT2D eigenvalue weighted by atomic mass is 10.1. The van der Waals surface area contributed by atoms with Crippen LogP contribution in [0.4, 0.5) is 0 Å². The molecule has 2 rings (SSSR count). The fraction of sp³-hybridized carbons (Fsp3) is 0.467. The molecular formula is C15H21N3O. The molecule has 0 aliphatic rings. The van der Waals surface area contributed by atoms with Gasteiger partial charge in [0.15, 0.2) is 0 Å². The van der Waals surface area contributed by atoms with Gasteiger partial charge in [-0.1, -0.05) is 0 Å². The highest BCUT2D eigenvalue weighted by molar-refractivity contribution is 5.81. The van der Waals surface area contributed by atoms with Crippen LogP contribution in [0.1, 0.15) is 25.0 Å². The van der Waals surface area contributed by atoms with E-state index in [1.54, 1.807) is 11.2 Å². The predicted molar refractivity (Wildman–Crippen MR) is 77.1 cm³/mol. The number of nitrogens with zero attached hydrogens (tertiary/aromatic N) is 3. The Morgan fingerprint density at radius 1 is 1.32 bits per heavy atom. The Kier molecular flexibility index (Phi) is 3.60. The van der Waals surface area contributed by atoms with E-state index in [1.807, 2.05) is 25.5 Å². The Labute approximate surface area is 114 Å². The average Bonchev–Trinajstić information content (AvgIpc) is 2.71. The van der Waals surface area contributed by atoms with Crippen molar-refractivity contribution < 1.29 is 4.79 Å². The van der Waals surface area contributed by atoms with E-state index in [0.717, 1.165) is 11.0 Å². The standard InChI is InChI=1S/C15H21N3O/c1-10(2)17(5)15(19)8-18-9-16-13-6-11(3)12(4)7-14(13)18/h6-7,9-10H,8H2,1-5H3. The summed E-state index contributed by atoms with van der Waals surface area (Å²) in [7, 11) is 1.83. The van der Waals surface area contributed by atoms with Gasteiger partial charge in [0.2, 0.25) is 5.91 Å². The highest BCUT2D eigenvalue weighted by Crippen LogP contribution is 2.18. The summed E-state index contributed by atoms with van der Waals surface area (Å²) in [4.78, 5) is 18.3. The first kappa shape index (κ1) is 13.6. The molecule has 2 aromatic rings. The molecule has 0 radical (unpaired) electrons. The minimum Gasteiger partial charge on any atom is -0.342 e. The Bertz CT molecular complexity index is 613. The lowest BCUT2D eigenvalue weighted by molar-refractivity contribution is -0.131. The molecule has 1 amide bonds. The van der Waals surface area contributed by atoms with E-state index in [2.05, 4.69) is 31.0 Å². The van der Waals surface area contributed by atoms with Crippen molar-refractivity contribution in [3.05, 3.63) is 29.6 Å². The number of imidazole rings is 1. The molecule has 19 heavy (non-hydrogen) atoms. The molecule has 0 N–H and O–H groups in total. The number of aromatic nitrogens is 2. The molecular weight excluding hydrogens is 238 g/mol. The first-order valence-corrected chi connectivity index (χ1v) is 6.58. The number of benzene rings is 1. The number of likely N-dealkylation sites (N-methyl/N-ethyl adjacent to an activating group) is 1. The number of aryl methyl sites for hydroxylation is 2. The molecule has 0 unspecified atom stereocenters. The van der Waals surface area contributed by atoms with Crippen molar-refractivity contribution in [2.75, 3.05) is 7.05 Å². The SMILES string of the molecule is Cc1cc2ncn(CC(=O)N(C)C(C)C)c2cc1C. The predicted octanol–water partition coefficient (Wildman–Crippen LogP) is 2.52. The van der Waals surface area contributed by atoms with Crippen LogP contribution >= 0.6 is 0 Å². The van der Waals surface area contributed by atoms with Gasteiger partial charge in [0.05, 0.1) is 17.4 Å². The minimum atomic E-state index is 0.104. The van der Waals surface area contributed by atoms with Crippen molar-refractivity contribution in [3.8, 4) is 0 Å². The number of hydrogen-bond donors (Lipinski definition) is 0. The van der Waals surface area contributed by atoms with Crippen LogP contribution in [0.25, 0.3) is 11.0 Å². The smallest absolute Gasteiger partial charge is 0.242 e. The summed E-state index contributed by atoms with van der Waals surface area (Å²) in [5.74, 6) is 0.104. The summed E-state index contributed by atoms with van der Waals surface area (Å²) in [5, 5.41) is 0. The van der Waals surface area contributed by atoms with E-state index in [9.17, 15) is 4.79 Å². The Balaban J connectivity index is 2.31. The second-order valence-corrected chi connectivity index (χ2v) is 5.40. The van der Waals surface area contributed by atoms with Crippen LogP contribution in [0.5, 0.6) is 0 Å².